The summed E-state index contributed by atoms with van der Waals surface area (Å²) in [5.74, 6) is -7.15. The van der Waals surface area contributed by atoms with Gasteiger partial charge in [0, 0.05) is 49.9 Å². The zero-order chi connectivity index (χ0) is 28.7. The standard InChI is InChI=1S/C26H18N2O12/c29-21-19(13-15-1-5-17(6-2-15)27(33)34)22(30)38-25(37-21)9-11-26(12-10-25)39-23(31)20(24(32)40-26)14-16-3-7-18(8-4-16)28(35)36/h1-8,13-14H,9-12H2. The molecule has 0 unspecified atom stereocenters. The van der Waals surface area contributed by atoms with E-state index in [4.69, 9.17) is 18.9 Å². The summed E-state index contributed by atoms with van der Waals surface area (Å²) in [4.78, 5) is 71.2. The Bertz CT molecular complexity index is 1350. The Morgan fingerprint density at radius 3 is 1.07 bits per heavy atom. The lowest BCUT2D eigenvalue weighted by Crippen LogP contribution is -2.56. The molecule has 3 fully saturated rings. The number of esters is 4. The molecule has 0 amide bonds. The molecule has 2 saturated heterocycles. The number of hydrogen-bond acceptors (Lipinski definition) is 12. The lowest BCUT2D eigenvalue weighted by molar-refractivity contribution is -0.385. The summed E-state index contributed by atoms with van der Waals surface area (Å²) in [6.07, 6.45) is 1.87. The number of carbonyl (C=O) groups is 4. The fraction of sp³-hybridized carbons (Fsp3) is 0.231. The third-order valence-corrected chi connectivity index (χ3v) is 6.60. The van der Waals surface area contributed by atoms with Crippen molar-refractivity contribution in [2.24, 2.45) is 0 Å². The summed E-state index contributed by atoms with van der Waals surface area (Å²) >= 11 is 0. The quantitative estimate of drug-likeness (QED) is 0.178. The summed E-state index contributed by atoms with van der Waals surface area (Å²) in [5.41, 5.74) is -0.459. The molecule has 14 nitrogen and oxygen atoms in total. The Hall–Kier alpha value is -5.40. The predicted octanol–water partition coefficient (Wildman–Crippen LogP) is 3.14. The highest BCUT2D eigenvalue weighted by Crippen LogP contribution is 2.45. The van der Waals surface area contributed by atoms with Gasteiger partial charge >= 0.3 is 23.9 Å². The topological polar surface area (TPSA) is 191 Å². The van der Waals surface area contributed by atoms with E-state index in [0.717, 1.165) is 0 Å². The third-order valence-electron chi connectivity index (χ3n) is 6.60. The second-order valence-corrected chi connectivity index (χ2v) is 9.19. The second-order valence-electron chi connectivity index (χ2n) is 9.19. The number of nitro benzene ring substituents is 2. The molecule has 40 heavy (non-hydrogen) atoms. The number of nitrogens with zero attached hydrogens (tertiary/aromatic N) is 2. The Labute approximate surface area is 224 Å². The monoisotopic (exact) mass is 550 g/mol. The highest BCUT2D eigenvalue weighted by atomic mass is 16.8. The van der Waals surface area contributed by atoms with Crippen LogP contribution < -0.4 is 0 Å². The molecule has 2 aliphatic heterocycles. The van der Waals surface area contributed by atoms with Gasteiger partial charge in [0.1, 0.15) is 11.1 Å². The Morgan fingerprint density at radius 1 is 0.550 bits per heavy atom. The minimum absolute atomic E-state index is 0.128. The lowest BCUT2D eigenvalue weighted by atomic mass is 9.87. The molecule has 2 aromatic rings. The van der Waals surface area contributed by atoms with Crippen LogP contribution in [-0.2, 0) is 38.1 Å². The maximum Gasteiger partial charge on any atom is 0.348 e. The maximum atomic E-state index is 12.7. The molecule has 0 aromatic heterocycles. The number of rotatable bonds is 4. The number of non-ortho nitro benzene ring substituents is 2. The zero-order valence-corrected chi connectivity index (χ0v) is 20.4. The third kappa shape index (κ3) is 5.01. The summed E-state index contributed by atoms with van der Waals surface area (Å²) in [6, 6.07) is 10.3. The van der Waals surface area contributed by atoms with Gasteiger partial charge in [-0.3, -0.25) is 20.2 Å². The van der Waals surface area contributed by atoms with E-state index in [2.05, 4.69) is 0 Å². The minimum atomic E-state index is -1.65. The van der Waals surface area contributed by atoms with Crippen molar-refractivity contribution in [3.05, 3.63) is 91.0 Å². The molecule has 2 spiro atoms. The first-order chi connectivity index (χ1) is 19.0. The average Bonchev–Trinajstić information content (AvgIpc) is 2.91. The fourth-order valence-electron chi connectivity index (χ4n) is 4.48. The van der Waals surface area contributed by atoms with Crippen molar-refractivity contribution < 1.29 is 48.0 Å². The van der Waals surface area contributed by atoms with Crippen molar-refractivity contribution in [2.45, 2.75) is 37.3 Å². The average molecular weight is 550 g/mol. The summed E-state index contributed by atoms with van der Waals surface area (Å²) in [7, 11) is 0. The van der Waals surface area contributed by atoms with Gasteiger partial charge in [-0.2, -0.15) is 0 Å². The predicted molar refractivity (Wildman–Crippen MR) is 130 cm³/mol. The molecule has 1 saturated carbocycles. The van der Waals surface area contributed by atoms with Crippen molar-refractivity contribution >= 4 is 47.4 Å². The van der Waals surface area contributed by atoms with Gasteiger partial charge in [-0.1, -0.05) is 0 Å². The molecular formula is C26H18N2O12. The van der Waals surface area contributed by atoms with Crippen molar-refractivity contribution in [3.63, 3.8) is 0 Å². The molecule has 2 heterocycles. The number of hydrogen-bond donors (Lipinski definition) is 0. The van der Waals surface area contributed by atoms with Crippen LogP contribution in [0.25, 0.3) is 12.2 Å². The van der Waals surface area contributed by atoms with Gasteiger partial charge in [0.25, 0.3) is 22.9 Å². The van der Waals surface area contributed by atoms with E-state index in [9.17, 15) is 39.4 Å². The molecular weight excluding hydrogens is 532 g/mol. The molecule has 204 valence electrons. The van der Waals surface area contributed by atoms with Crippen molar-refractivity contribution in [2.75, 3.05) is 0 Å². The summed E-state index contributed by atoms with van der Waals surface area (Å²) < 4.78 is 21.8. The van der Waals surface area contributed by atoms with Gasteiger partial charge in [-0.15, -0.1) is 0 Å². The van der Waals surface area contributed by atoms with Gasteiger partial charge < -0.3 is 18.9 Å². The van der Waals surface area contributed by atoms with Crippen LogP contribution in [0.1, 0.15) is 36.8 Å². The molecule has 1 aliphatic carbocycles. The SMILES string of the molecule is O=C1OC2(CCC3(CC2)OC(=O)C(=Cc2ccc([N+](=O)[O-])cc2)C(=O)O3)OC(=O)C1=Cc1ccc([N+](=O)[O-])cc1. The molecule has 0 bridgehead atoms. The lowest BCUT2D eigenvalue weighted by Gasteiger charge is -2.46. The number of ether oxygens (including phenoxy) is 4. The van der Waals surface area contributed by atoms with Crippen molar-refractivity contribution in [1.29, 1.82) is 0 Å². The second kappa shape index (κ2) is 9.72. The van der Waals surface area contributed by atoms with Crippen LogP contribution in [0.15, 0.2) is 59.7 Å². The van der Waals surface area contributed by atoms with Crippen LogP contribution in [0.2, 0.25) is 0 Å². The largest absolute Gasteiger partial charge is 0.419 e. The molecule has 14 heteroatoms. The van der Waals surface area contributed by atoms with E-state index in [0.29, 0.717) is 11.1 Å². The maximum absolute atomic E-state index is 12.7. The van der Waals surface area contributed by atoms with E-state index in [1.165, 1.54) is 60.7 Å². The van der Waals surface area contributed by atoms with Gasteiger partial charge in [0.15, 0.2) is 0 Å². The zero-order valence-electron chi connectivity index (χ0n) is 20.4. The van der Waals surface area contributed by atoms with Crippen LogP contribution in [0.4, 0.5) is 11.4 Å². The van der Waals surface area contributed by atoms with Crippen LogP contribution in [0.3, 0.4) is 0 Å². The van der Waals surface area contributed by atoms with Crippen LogP contribution in [0, 0.1) is 20.2 Å². The normalized spacial score (nSPS) is 24.1. The van der Waals surface area contributed by atoms with Crippen LogP contribution in [0.5, 0.6) is 0 Å². The smallest absolute Gasteiger partial charge is 0.348 e. The van der Waals surface area contributed by atoms with E-state index in [1.807, 2.05) is 0 Å². The number of nitro groups is 2. The first kappa shape index (κ1) is 26.2. The Kier molecular flexibility index (Phi) is 6.37. The molecule has 0 atom stereocenters. The minimum Gasteiger partial charge on any atom is -0.419 e. The Morgan fingerprint density at radius 2 is 0.825 bits per heavy atom. The summed E-state index contributed by atoms with van der Waals surface area (Å²) in [5, 5.41) is 21.6. The van der Waals surface area contributed by atoms with Gasteiger partial charge in [-0.05, 0) is 47.5 Å². The van der Waals surface area contributed by atoms with Crippen molar-refractivity contribution in [3.8, 4) is 0 Å². The number of benzene rings is 2. The summed E-state index contributed by atoms with van der Waals surface area (Å²) in [6.45, 7) is 0. The fourth-order valence-corrected chi connectivity index (χ4v) is 4.48. The first-order valence-electron chi connectivity index (χ1n) is 11.8. The van der Waals surface area contributed by atoms with E-state index < -0.39 is 56.4 Å². The highest BCUT2D eigenvalue weighted by Gasteiger charge is 2.56. The molecule has 0 N–H and O–H groups in total. The first-order valence-corrected chi connectivity index (χ1v) is 11.8. The van der Waals surface area contributed by atoms with E-state index in [-0.39, 0.29) is 37.1 Å². The highest BCUT2D eigenvalue weighted by molar-refractivity contribution is 6.19. The molecule has 3 aliphatic rings. The number of carbonyl (C=O) groups excluding carboxylic acids is 4. The van der Waals surface area contributed by atoms with Crippen molar-refractivity contribution in [1.82, 2.24) is 0 Å². The Balaban J connectivity index is 1.25. The molecule has 5 rings (SSSR count). The van der Waals surface area contributed by atoms with Gasteiger partial charge in [0.2, 0.25) is 0 Å². The van der Waals surface area contributed by atoms with E-state index >= 15 is 0 Å². The van der Waals surface area contributed by atoms with Crippen LogP contribution >= 0.6 is 0 Å². The van der Waals surface area contributed by atoms with Gasteiger partial charge in [0.05, 0.1) is 9.85 Å². The van der Waals surface area contributed by atoms with E-state index in [1.54, 1.807) is 0 Å². The van der Waals surface area contributed by atoms with Gasteiger partial charge in [-0.25, -0.2) is 19.2 Å². The molecule has 2 aromatic carbocycles. The molecule has 0 radical (unpaired) electrons. The van der Waals surface area contributed by atoms with Crippen LogP contribution in [-0.4, -0.2) is 45.3 Å².